The second-order valence-corrected chi connectivity index (χ2v) is 6.73. The third kappa shape index (κ3) is 6.61. The van der Waals surface area contributed by atoms with Crippen molar-refractivity contribution in [1.29, 1.82) is 0 Å². The van der Waals surface area contributed by atoms with Gasteiger partial charge in [0.05, 0.1) is 12.7 Å². The first kappa shape index (κ1) is 15.2. The van der Waals surface area contributed by atoms with Gasteiger partial charge in [-0.05, 0) is 12.7 Å². The summed E-state index contributed by atoms with van der Waals surface area (Å²) in [5.41, 5.74) is 0. The number of hydrogen-bond acceptors (Lipinski definition) is 7. The van der Waals surface area contributed by atoms with Crippen LogP contribution in [-0.4, -0.2) is 46.6 Å². The maximum Gasteiger partial charge on any atom is 0.175 e. The van der Waals surface area contributed by atoms with Gasteiger partial charge in [-0.25, -0.2) is 0 Å². The van der Waals surface area contributed by atoms with Crippen LogP contribution >= 0.6 is 34.9 Å². The minimum Gasteiger partial charge on any atom is -0.390 e. The van der Waals surface area contributed by atoms with Crippen molar-refractivity contribution in [2.24, 2.45) is 0 Å². The van der Waals surface area contributed by atoms with E-state index in [0.29, 0.717) is 12.4 Å². The number of thioether (sulfide) groups is 2. The summed E-state index contributed by atoms with van der Waals surface area (Å²) in [6, 6.07) is 0. The molecule has 1 aromatic rings. The minimum atomic E-state index is -0.432. The van der Waals surface area contributed by atoms with E-state index in [1.165, 1.54) is 11.8 Å². The summed E-state index contributed by atoms with van der Waals surface area (Å²) in [6.07, 6.45) is 3.71. The topological polar surface area (TPSA) is 55.2 Å². The van der Waals surface area contributed by atoms with Crippen LogP contribution in [0.3, 0.4) is 0 Å². The lowest BCUT2D eigenvalue weighted by Crippen LogP contribution is -2.18. The molecule has 17 heavy (non-hydrogen) atoms. The Morgan fingerprint density at radius 3 is 2.82 bits per heavy atom. The lowest BCUT2D eigenvalue weighted by atomic mass is 10.3. The van der Waals surface area contributed by atoms with Gasteiger partial charge in [0.15, 0.2) is 8.68 Å². The Balaban J connectivity index is 2.12. The normalized spacial score (nSPS) is 12.9. The number of hydrogen-bond donors (Lipinski definition) is 1. The average Bonchev–Trinajstić information content (AvgIpc) is 2.80. The van der Waals surface area contributed by atoms with Crippen LogP contribution in [0.25, 0.3) is 0 Å². The summed E-state index contributed by atoms with van der Waals surface area (Å²) in [7, 11) is 0. The van der Waals surface area contributed by atoms with Crippen molar-refractivity contribution >= 4 is 34.9 Å². The molecule has 0 amide bonds. The smallest absolute Gasteiger partial charge is 0.175 e. The van der Waals surface area contributed by atoms with Crippen molar-refractivity contribution in [2.45, 2.75) is 34.5 Å². The van der Waals surface area contributed by atoms with Crippen LogP contribution in [0.1, 0.15) is 19.8 Å². The molecule has 4 nitrogen and oxygen atoms in total. The fraction of sp³-hybridized carbons (Fsp3) is 0.800. The van der Waals surface area contributed by atoms with Gasteiger partial charge < -0.3 is 9.84 Å². The number of nitrogens with zero attached hydrogens (tertiary/aromatic N) is 2. The van der Waals surface area contributed by atoms with Crippen molar-refractivity contribution < 1.29 is 9.84 Å². The maximum absolute atomic E-state index is 9.68. The summed E-state index contributed by atoms with van der Waals surface area (Å²) < 4.78 is 7.21. The van der Waals surface area contributed by atoms with Crippen LogP contribution in [-0.2, 0) is 4.74 Å². The van der Waals surface area contributed by atoms with Gasteiger partial charge in [-0.1, -0.05) is 48.2 Å². The highest BCUT2D eigenvalue weighted by molar-refractivity contribution is 8.02. The molecule has 0 spiro atoms. The SMILES string of the molecule is CCCCOCC(O)CSc1nnc(SC)s1. The Hall–Kier alpha value is 0.180. The van der Waals surface area contributed by atoms with Gasteiger partial charge >= 0.3 is 0 Å². The Kier molecular flexibility index (Phi) is 8.21. The molecule has 7 heteroatoms. The van der Waals surface area contributed by atoms with Gasteiger partial charge in [0, 0.05) is 12.4 Å². The van der Waals surface area contributed by atoms with Gasteiger partial charge in [0.1, 0.15) is 0 Å². The first-order chi connectivity index (χ1) is 8.26. The van der Waals surface area contributed by atoms with E-state index in [1.54, 1.807) is 23.1 Å². The zero-order valence-electron chi connectivity index (χ0n) is 10.1. The van der Waals surface area contributed by atoms with Gasteiger partial charge in [0.2, 0.25) is 0 Å². The molecule has 1 heterocycles. The van der Waals surface area contributed by atoms with Crippen LogP contribution in [0.5, 0.6) is 0 Å². The molecule has 0 aliphatic rings. The molecule has 0 radical (unpaired) electrons. The van der Waals surface area contributed by atoms with E-state index in [0.717, 1.165) is 28.1 Å². The van der Waals surface area contributed by atoms with E-state index < -0.39 is 6.10 Å². The Morgan fingerprint density at radius 2 is 2.18 bits per heavy atom. The number of aliphatic hydroxyl groups excluding tert-OH is 1. The standard InChI is InChI=1S/C10H18N2O2S3/c1-3-4-5-14-6-8(13)7-16-10-12-11-9(15-2)17-10/h8,13H,3-7H2,1-2H3. The molecule has 0 aliphatic carbocycles. The van der Waals surface area contributed by atoms with Crippen molar-refractivity contribution in [1.82, 2.24) is 10.2 Å². The summed E-state index contributed by atoms with van der Waals surface area (Å²) >= 11 is 4.68. The summed E-state index contributed by atoms with van der Waals surface area (Å²) in [4.78, 5) is 0. The highest BCUT2D eigenvalue weighted by atomic mass is 32.2. The minimum absolute atomic E-state index is 0.404. The summed E-state index contributed by atoms with van der Waals surface area (Å²) in [5, 5.41) is 17.7. The van der Waals surface area contributed by atoms with Crippen molar-refractivity contribution in [3.8, 4) is 0 Å². The fourth-order valence-electron chi connectivity index (χ4n) is 1.02. The largest absolute Gasteiger partial charge is 0.390 e. The van der Waals surface area contributed by atoms with Gasteiger partial charge in [-0.2, -0.15) is 0 Å². The van der Waals surface area contributed by atoms with Gasteiger partial charge in [-0.15, -0.1) is 10.2 Å². The zero-order chi connectivity index (χ0) is 12.5. The molecule has 0 fully saturated rings. The molecule has 1 unspecified atom stereocenters. The Morgan fingerprint density at radius 1 is 1.41 bits per heavy atom. The Bertz CT molecular complexity index is 309. The maximum atomic E-state index is 9.68. The molecule has 0 aliphatic heterocycles. The molecule has 0 saturated carbocycles. The predicted molar refractivity (Wildman–Crippen MR) is 74.1 cm³/mol. The van der Waals surface area contributed by atoms with E-state index >= 15 is 0 Å². The van der Waals surface area contributed by atoms with Crippen molar-refractivity contribution in [3.05, 3.63) is 0 Å². The van der Waals surface area contributed by atoms with E-state index in [1.807, 2.05) is 6.26 Å². The third-order valence-corrected chi connectivity index (χ3v) is 5.09. The van der Waals surface area contributed by atoms with E-state index in [9.17, 15) is 5.11 Å². The van der Waals surface area contributed by atoms with Crippen LogP contribution in [0.2, 0.25) is 0 Å². The van der Waals surface area contributed by atoms with Crippen LogP contribution in [0.15, 0.2) is 8.68 Å². The van der Waals surface area contributed by atoms with Gasteiger partial charge in [-0.3, -0.25) is 0 Å². The second-order valence-electron chi connectivity index (χ2n) is 3.43. The number of ether oxygens (including phenoxy) is 1. The van der Waals surface area contributed by atoms with Crippen molar-refractivity contribution in [2.75, 3.05) is 25.2 Å². The monoisotopic (exact) mass is 294 g/mol. The molecule has 98 valence electrons. The molecule has 1 rings (SSSR count). The highest BCUT2D eigenvalue weighted by Crippen LogP contribution is 2.27. The lowest BCUT2D eigenvalue weighted by molar-refractivity contribution is 0.0473. The van der Waals surface area contributed by atoms with Crippen molar-refractivity contribution in [3.63, 3.8) is 0 Å². The number of aliphatic hydroxyl groups is 1. The van der Waals surface area contributed by atoms with E-state index in [4.69, 9.17) is 4.74 Å². The zero-order valence-corrected chi connectivity index (χ0v) is 12.5. The molecule has 1 N–H and O–H groups in total. The van der Waals surface area contributed by atoms with Crippen LogP contribution in [0, 0.1) is 0 Å². The summed E-state index contributed by atoms with van der Waals surface area (Å²) in [6.45, 7) is 3.25. The van der Waals surface area contributed by atoms with Crippen LogP contribution < -0.4 is 0 Å². The number of rotatable bonds is 9. The number of unbranched alkanes of at least 4 members (excludes halogenated alkanes) is 1. The van der Waals surface area contributed by atoms with E-state index in [2.05, 4.69) is 17.1 Å². The van der Waals surface area contributed by atoms with Gasteiger partial charge in [0.25, 0.3) is 0 Å². The number of aromatic nitrogens is 2. The molecule has 1 atom stereocenters. The second kappa shape index (κ2) is 9.16. The van der Waals surface area contributed by atoms with E-state index in [-0.39, 0.29) is 0 Å². The molecule has 0 aromatic carbocycles. The fourth-order valence-corrected chi connectivity index (χ4v) is 3.39. The summed E-state index contributed by atoms with van der Waals surface area (Å²) in [5.74, 6) is 0.606. The molecule has 0 bridgehead atoms. The average molecular weight is 294 g/mol. The lowest BCUT2D eigenvalue weighted by Gasteiger charge is -2.09. The molecular weight excluding hydrogens is 276 g/mol. The molecule has 0 saturated heterocycles. The first-order valence-electron chi connectivity index (χ1n) is 5.52. The third-order valence-electron chi connectivity index (χ3n) is 1.91. The van der Waals surface area contributed by atoms with Crippen LogP contribution in [0.4, 0.5) is 0 Å². The molecule has 1 aromatic heterocycles. The Labute approximate surface area is 115 Å². The quantitative estimate of drug-likeness (QED) is 0.558. The highest BCUT2D eigenvalue weighted by Gasteiger charge is 2.08. The first-order valence-corrected chi connectivity index (χ1v) is 8.55. The molecular formula is C10H18N2O2S3. The predicted octanol–water partition coefficient (Wildman–Crippen LogP) is 2.53.